The van der Waals surface area contributed by atoms with Gasteiger partial charge in [0.05, 0.1) is 26.7 Å². The highest BCUT2D eigenvalue weighted by molar-refractivity contribution is 5.27. The number of hydrogen-bond acceptors (Lipinski definition) is 4. The molecule has 2 heterocycles. The zero-order chi connectivity index (χ0) is 15.3. The summed E-state index contributed by atoms with van der Waals surface area (Å²) in [6.45, 7) is 2.20. The first kappa shape index (κ1) is 15.1. The van der Waals surface area contributed by atoms with Crippen LogP contribution in [-0.4, -0.2) is 35.7 Å². The normalized spacial score (nSPS) is 16.8. The molecule has 5 nitrogen and oxygen atoms in total. The molecule has 0 spiro atoms. The van der Waals surface area contributed by atoms with Gasteiger partial charge >= 0.3 is 0 Å². The number of imidazole rings is 1. The molecular weight excluding hydrogens is 280 g/mol. The Hall–Kier alpha value is -1.85. The molecule has 22 heavy (non-hydrogen) atoms. The van der Waals surface area contributed by atoms with E-state index < -0.39 is 5.79 Å². The van der Waals surface area contributed by atoms with Gasteiger partial charge in [-0.3, -0.25) is 0 Å². The lowest BCUT2D eigenvalue weighted by Gasteiger charge is -2.27. The van der Waals surface area contributed by atoms with Crippen molar-refractivity contribution in [3.63, 3.8) is 0 Å². The highest BCUT2D eigenvalue weighted by Gasteiger charge is 2.35. The summed E-state index contributed by atoms with van der Waals surface area (Å²) in [5.74, 6) is 0.413. The first-order valence-corrected chi connectivity index (χ1v) is 7.66. The van der Waals surface area contributed by atoms with E-state index in [-0.39, 0.29) is 0 Å². The van der Waals surface area contributed by atoms with Crippen molar-refractivity contribution >= 4 is 0 Å². The van der Waals surface area contributed by atoms with Crippen LogP contribution in [0.25, 0.3) is 0 Å². The van der Waals surface area contributed by atoms with Crippen molar-refractivity contribution in [1.82, 2.24) is 9.55 Å². The molecule has 0 unspecified atom stereocenters. The van der Waals surface area contributed by atoms with Gasteiger partial charge in [-0.25, -0.2) is 4.98 Å². The molecule has 0 atom stereocenters. The number of ether oxygens (including phenoxy) is 3. The zero-order valence-electron chi connectivity index (χ0n) is 12.9. The van der Waals surface area contributed by atoms with Gasteiger partial charge in [0, 0.05) is 31.8 Å². The van der Waals surface area contributed by atoms with Gasteiger partial charge in [-0.15, -0.1) is 0 Å². The van der Waals surface area contributed by atoms with Crippen LogP contribution in [0.5, 0.6) is 5.75 Å². The van der Waals surface area contributed by atoms with Crippen molar-refractivity contribution in [3.05, 3.63) is 48.5 Å². The fourth-order valence-corrected chi connectivity index (χ4v) is 2.76. The Morgan fingerprint density at radius 2 is 1.95 bits per heavy atom. The lowest BCUT2D eigenvalue weighted by Crippen LogP contribution is -2.32. The molecule has 1 aromatic heterocycles. The molecule has 1 aliphatic rings. The molecule has 0 amide bonds. The molecular formula is C17H22N2O3. The Bertz CT molecular complexity index is 560. The van der Waals surface area contributed by atoms with E-state index in [0.717, 1.165) is 31.6 Å². The summed E-state index contributed by atoms with van der Waals surface area (Å²) in [6, 6.07) is 8.17. The largest absolute Gasteiger partial charge is 0.497 e. The minimum absolute atomic E-state index is 0.468. The molecule has 0 radical (unpaired) electrons. The van der Waals surface area contributed by atoms with E-state index >= 15 is 0 Å². The molecule has 5 heteroatoms. The van der Waals surface area contributed by atoms with E-state index in [1.54, 1.807) is 13.3 Å². The average Bonchev–Trinajstić information content (AvgIpc) is 3.24. The molecule has 1 aliphatic heterocycles. The fourth-order valence-electron chi connectivity index (χ4n) is 2.76. The summed E-state index contributed by atoms with van der Waals surface area (Å²) in [7, 11) is 1.68. The highest BCUT2D eigenvalue weighted by Crippen LogP contribution is 2.30. The van der Waals surface area contributed by atoms with E-state index in [1.807, 2.05) is 24.7 Å². The topological polar surface area (TPSA) is 45.5 Å². The van der Waals surface area contributed by atoms with E-state index in [9.17, 15) is 0 Å². The van der Waals surface area contributed by atoms with E-state index in [1.165, 1.54) is 5.56 Å². The van der Waals surface area contributed by atoms with Gasteiger partial charge in [-0.1, -0.05) is 12.1 Å². The van der Waals surface area contributed by atoms with Crippen LogP contribution in [0.2, 0.25) is 0 Å². The third-order valence-corrected chi connectivity index (χ3v) is 4.08. The number of hydrogen-bond donors (Lipinski definition) is 0. The first-order valence-electron chi connectivity index (χ1n) is 7.66. The SMILES string of the molecule is COc1ccc(CCC2(CCn3ccnc3)OCCO2)cc1. The second-order valence-electron chi connectivity index (χ2n) is 5.51. The summed E-state index contributed by atoms with van der Waals surface area (Å²) in [6.07, 6.45) is 8.19. The highest BCUT2D eigenvalue weighted by atomic mass is 16.7. The number of aromatic nitrogens is 2. The van der Waals surface area contributed by atoms with E-state index in [0.29, 0.717) is 13.2 Å². The summed E-state index contributed by atoms with van der Waals surface area (Å²) in [5.41, 5.74) is 1.27. The Kier molecular flexibility index (Phi) is 4.75. The molecule has 1 aromatic carbocycles. The molecule has 118 valence electrons. The molecule has 1 saturated heterocycles. The van der Waals surface area contributed by atoms with Crippen molar-refractivity contribution in [2.45, 2.75) is 31.6 Å². The number of benzene rings is 1. The van der Waals surface area contributed by atoms with Crippen molar-refractivity contribution in [1.29, 1.82) is 0 Å². The lowest BCUT2D eigenvalue weighted by atomic mass is 10.0. The Morgan fingerprint density at radius 3 is 2.59 bits per heavy atom. The molecule has 0 N–H and O–H groups in total. The monoisotopic (exact) mass is 302 g/mol. The summed E-state index contributed by atoms with van der Waals surface area (Å²) >= 11 is 0. The first-order chi connectivity index (χ1) is 10.8. The number of rotatable bonds is 7. The van der Waals surface area contributed by atoms with Gasteiger partial charge in [0.1, 0.15) is 5.75 Å². The third-order valence-electron chi connectivity index (χ3n) is 4.08. The number of nitrogens with zero attached hydrogens (tertiary/aromatic N) is 2. The number of methoxy groups -OCH3 is 1. The summed E-state index contributed by atoms with van der Waals surface area (Å²) < 4.78 is 19.1. The van der Waals surface area contributed by atoms with Crippen molar-refractivity contribution in [2.75, 3.05) is 20.3 Å². The van der Waals surface area contributed by atoms with Gasteiger partial charge in [0.2, 0.25) is 0 Å². The maximum Gasteiger partial charge on any atom is 0.170 e. The van der Waals surface area contributed by atoms with E-state index in [2.05, 4.69) is 21.7 Å². The van der Waals surface area contributed by atoms with Gasteiger partial charge < -0.3 is 18.8 Å². The minimum Gasteiger partial charge on any atom is -0.497 e. The van der Waals surface area contributed by atoms with Crippen LogP contribution in [0.15, 0.2) is 43.0 Å². The van der Waals surface area contributed by atoms with Crippen LogP contribution in [0.1, 0.15) is 18.4 Å². The smallest absolute Gasteiger partial charge is 0.170 e. The van der Waals surface area contributed by atoms with Crippen LogP contribution in [0.3, 0.4) is 0 Å². The fraction of sp³-hybridized carbons (Fsp3) is 0.471. The molecule has 1 fully saturated rings. The van der Waals surface area contributed by atoms with Gasteiger partial charge in [-0.05, 0) is 24.1 Å². The quantitative estimate of drug-likeness (QED) is 0.789. The zero-order valence-corrected chi connectivity index (χ0v) is 12.9. The predicted molar refractivity (Wildman–Crippen MR) is 82.8 cm³/mol. The van der Waals surface area contributed by atoms with E-state index in [4.69, 9.17) is 14.2 Å². The Labute approximate surface area is 130 Å². The van der Waals surface area contributed by atoms with Crippen molar-refractivity contribution in [3.8, 4) is 5.75 Å². The molecule has 3 rings (SSSR count). The predicted octanol–water partition coefficient (Wildman–Crippen LogP) is 2.66. The standard InChI is InChI=1S/C17H22N2O3/c1-20-16-4-2-15(3-5-16)6-7-17(21-12-13-22-17)8-10-19-11-9-18-14-19/h2-5,9,11,14H,6-8,10,12-13H2,1H3. The maximum atomic E-state index is 5.92. The van der Waals surface area contributed by atoms with Crippen molar-refractivity contribution in [2.24, 2.45) is 0 Å². The average molecular weight is 302 g/mol. The maximum absolute atomic E-state index is 5.92. The molecule has 0 bridgehead atoms. The minimum atomic E-state index is -0.468. The van der Waals surface area contributed by atoms with Gasteiger partial charge in [-0.2, -0.15) is 0 Å². The van der Waals surface area contributed by atoms with Gasteiger partial charge in [0.25, 0.3) is 0 Å². The van der Waals surface area contributed by atoms with Crippen LogP contribution in [0, 0.1) is 0 Å². The molecule has 0 aliphatic carbocycles. The third kappa shape index (κ3) is 3.67. The number of aryl methyl sites for hydroxylation is 2. The Balaban J connectivity index is 1.58. The lowest BCUT2D eigenvalue weighted by molar-refractivity contribution is -0.168. The second-order valence-corrected chi connectivity index (χ2v) is 5.51. The van der Waals surface area contributed by atoms with Crippen LogP contribution < -0.4 is 4.74 Å². The molecule has 2 aromatic rings. The van der Waals surface area contributed by atoms with Crippen LogP contribution >= 0.6 is 0 Å². The van der Waals surface area contributed by atoms with Gasteiger partial charge in [0.15, 0.2) is 5.79 Å². The van der Waals surface area contributed by atoms with Crippen molar-refractivity contribution < 1.29 is 14.2 Å². The second kappa shape index (κ2) is 6.94. The summed E-state index contributed by atoms with van der Waals surface area (Å²) in [4.78, 5) is 4.07. The molecule has 0 saturated carbocycles. The van der Waals surface area contributed by atoms with Crippen LogP contribution in [-0.2, 0) is 22.4 Å². The summed E-state index contributed by atoms with van der Waals surface area (Å²) in [5, 5.41) is 0. The van der Waals surface area contributed by atoms with Crippen LogP contribution in [0.4, 0.5) is 0 Å². The Morgan fingerprint density at radius 1 is 1.18 bits per heavy atom.